The highest BCUT2D eigenvalue weighted by molar-refractivity contribution is 5.63. The molecule has 5 heteroatoms. The van der Waals surface area contributed by atoms with Crippen LogP contribution >= 0.6 is 0 Å². The Balaban J connectivity index is 1.36. The predicted molar refractivity (Wildman–Crippen MR) is 109 cm³/mol. The lowest BCUT2D eigenvalue weighted by Gasteiger charge is -2.41. The second-order valence-electron chi connectivity index (χ2n) is 8.32. The Morgan fingerprint density at radius 3 is 2.07 bits per heavy atom. The molecule has 2 aromatic rings. The van der Waals surface area contributed by atoms with Crippen molar-refractivity contribution in [2.75, 3.05) is 39.4 Å². The second-order valence-corrected chi connectivity index (χ2v) is 8.32. The first-order valence-electron chi connectivity index (χ1n) is 10.2. The molecule has 2 N–H and O–H groups in total. The maximum Gasteiger partial charge on any atom is 0.123 e. The van der Waals surface area contributed by atoms with Gasteiger partial charge in [0.1, 0.15) is 12.5 Å². The Labute approximate surface area is 166 Å². The van der Waals surface area contributed by atoms with Gasteiger partial charge in [-0.25, -0.2) is 8.78 Å². The Morgan fingerprint density at radius 2 is 1.46 bits per heavy atom. The minimum Gasteiger partial charge on any atom is -0.312 e. The van der Waals surface area contributed by atoms with Gasteiger partial charge in [-0.1, -0.05) is 36.4 Å². The Hall–Kier alpha value is -1.82. The van der Waals surface area contributed by atoms with Gasteiger partial charge in [-0.05, 0) is 60.0 Å². The van der Waals surface area contributed by atoms with Crippen LogP contribution in [-0.4, -0.2) is 49.2 Å². The van der Waals surface area contributed by atoms with Crippen LogP contribution in [0.2, 0.25) is 0 Å². The molecular formula is C23H29F2N3. The number of benzene rings is 2. The fraction of sp³-hybridized carbons (Fsp3) is 0.478. The van der Waals surface area contributed by atoms with E-state index < -0.39 is 0 Å². The van der Waals surface area contributed by atoms with Crippen molar-refractivity contribution in [2.24, 2.45) is 11.1 Å². The molecule has 2 aliphatic heterocycles. The fourth-order valence-corrected chi connectivity index (χ4v) is 4.75. The van der Waals surface area contributed by atoms with Gasteiger partial charge in [0.05, 0.1) is 6.17 Å². The highest BCUT2D eigenvalue weighted by atomic mass is 19.1. The molecule has 2 heterocycles. The average molecular weight is 386 g/mol. The normalized spacial score (nSPS) is 21.2. The molecule has 0 amide bonds. The molecule has 0 aromatic heterocycles. The van der Waals surface area contributed by atoms with Crippen LogP contribution in [0.25, 0.3) is 11.1 Å². The lowest BCUT2D eigenvalue weighted by atomic mass is 9.77. The number of halogens is 2. The number of nitrogens with zero attached hydrogens (tertiary/aromatic N) is 2. The lowest BCUT2D eigenvalue weighted by molar-refractivity contribution is 0.0771. The molecule has 2 fully saturated rings. The van der Waals surface area contributed by atoms with Crippen molar-refractivity contribution >= 4 is 0 Å². The summed E-state index contributed by atoms with van der Waals surface area (Å²) in [5.41, 5.74) is 10.1. The Bertz CT molecular complexity index is 767. The molecule has 0 aliphatic carbocycles. The van der Waals surface area contributed by atoms with Crippen molar-refractivity contribution < 1.29 is 8.78 Å². The summed E-state index contributed by atoms with van der Waals surface area (Å²) in [5, 5.41) is 0. The largest absolute Gasteiger partial charge is 0.312 e. The summed E-state index contributed by atoms with van der Waals surface area (Å²) in [4.78, 5) is 4.62. The van der Waals surface area contributed by atoms with Crippen LogP contribution in [0.3, 0.4) is 0 Å². The zero-order valence-electron chi connectivity index (χ0n) is 16.3. The van der Waals surface area contributed by atoms with E-state index in [0.717, 1.165) is 55.7 Å². The minimum absolute atomic E-state index is 0.108. The Morgan fingerprint density at radius 1 is 0.893 bits per heavy atom. The van der Waals surface area contributed by atoms with Crippen LogP contribution in [0.1, 0.15) is 31.0 Å². The summed E-state index contributed by atoms with van der Waals surface area (Å²) in [6.45, 7) is 4.37. The first-order chi connectivity index (χ1) is 13.6. The number of nitrogens with two attached hydrogens (primary N) is 1. The highest BCUT2D eigenvalue weighted by Gasteiger charge is 2.41. The maximum atomic E-state index is 13.1. The van der Waals surface area contributed by atoms with E-state index in [1.807, 2.05) is 0 Å². The van der Waals surface area contributed by atoms with Crippen molar-refractivity contribution in [2.45, 2.75) is 25.4 Å². The third-order valence-electron chi connectivity index (χ3n) is 6.60. The summed E-state index contributed by atoms with van der Waals surface area (Å²) in [5.74, 6) is -0.222. The van der Waals surface area contributed by atoms with E-state index >= 15 is 0 Å². The molecule has 1 spiro atoms. The minimum atomic E-state index is -0.249. The standard InChI is InChI=1S/C23H29F2N3/c24-12-16-27-13-9-23(17-27)10-14-28(15-11-23)22(26)20-3-1-18(2-4-20)19-5-7-21(25)8-6-19/h1-8,22H,9-17,26H2. The SMILES string of the molecule is NC(c1ccc(-c2ccc(F)cc2)cc1)N1CCC2(CCN(CCF)C2)CC1. The molecule has 1 atom stereocenters. The van der Waals surface area contributed by atoms with Crippen molar-refractivity contribution in [1.82, 2.24) is 9.80 Å². The van der Waals surface area contributed by atoms with Crippen LogP contribution in [0.5, 0.6) is 0 Å². The topological polar surface area (TPSA) is 32.5 Å². The molecule has 0 radical (unpaired) electrons. The van der Waals surface area contributed by atoms with Gasteiger partial charge in [-0.3, -0.25) is 4.90 Å². The van der Waals surface area contributed by atoms with E-state index in [1.54, 1.807) is 12.1 Å². The van der Waals surface area contributed by atoms with E-state index in [-0.39, 0.29) is 18.7 Å². The highest BCUT2D eigenvalue weighted by Crippen LogP contribution is 2.41. The van der Waals surface area contributed by atoms with Gasteiger partial charge >= 0.3 is 0 Å². The van der Waals surface area contributed by atoms with Gasteiger partial charge < -0.3 is 10.6 Å². The molecule has 4 rings (SSSR count). The molecule has 150 valence electrons. The molecule has 0 saturated carbocycles. The van der Waals surface area contributed by atoms with Gasteiger partial charge in [0.15, 0.2) is 0 Å². The molecule has 28 heavy (non-hydrogen) atoms. The van der Waals surface area contributed by atoms with Crippen molar-refractivity contribution in [3.8, 4) is 11.1 Å². The van der Waals surface area contributed by atoms with E-state index in [0.29, 0.717) is 12.0 Å². The third-order valence-corrected chi connectivity index (χ3v) is 6.60. The summed E-state index contributed by atoms with van der Waals surface area (Å²) in [6.07, 6.45) is 3.35. The zero-order chi connectivity index (χ0) is 19.6. The van der Waals surface area contributed by atoms with Gasteiger partial charge in [0.25, 0.3) is 0 Å². The van der Waals surface area contributed by atoms with Crippen LogP contribution in [0.15, 0.2) is 48.5 Å². The van der Waals surface area contributed by atoms with Gasteiger partial charge in [0, 0.05) is 26.2 Å². The number of rotatable bonds is 5. The number of piperidine rings is 1. The van der Waals surface area contributed by atoms with Crippen LogP contribution in [0, 0.1) is 11.2 Å². The van der Waals surface area contributed by atoms with Crippen LogP contribution in [0.4, 0.5) is 8.78 Å². The second kappa shape index (κ2) is 8.27. The van der Waals surface area contributed by atoms with Gasteiger partial charge in [-0.15, -0.1) is 0 Å². The molecule has 2 aromatic carbocycles. The van der Waals surface area contributed by atoms with Crippen molar-refractivity contribution in [3.63, 3.8) is 0 Å². The van der Waals surface area contributed by atoms with Crippen molar-refractivity contribution in [1.29, 1.82) is 0 Å². The summed E-state index contributed by atoms with van der Waals surface area (Å²) < 4.78 is 25.7. The zero-order valence-corrected chi connectivity index (χ0v) is 16.3. The maximum absolute atomic E-state index is 13.1. The van der Waals surface area contributed by atoms with E-state index in [9.17, 15) is 8.78 Å². The smallest absolute Gasteiger partial charge is 0.123 e. The Kier molecular flexibility index (Phi) is 5.76. The molecular weight excluding hydrogens is 356 g/mol. The molecule has 2 aliphatic rings. The number of hydrogen-bond donors (Lipinski definition) is 1. The van der Waals surface area contributed by atoms with E-state index in [2.05, 4.69) is 34.1 Å². The quantitative estimate of drug-likeness (QED) is 0.837. The molecule has 3 nitrogen and oxygen atoms in total. The first kappa shape index (κ1) is 19.5. The number of likely N-dealkylation sites (tertiary alicyclic amines) is 2. The lowest BCUT2D eigenvalue weighted by Crippen LogP contribution is -2.45. The van der Waals surface area contributed by atoms with Crippen molar-refractivity contribution in [3.05, 3.63) is 59.9 Å². The molecule has 0 bridgehead atoms. The monoisotopic (exact) mass is 385 g/mol. The van der Waals surface area contributed by atoms with Gasteiger partial charge in [0.2, 0.25) is 0 Å². The van der Waals surface area contributed by atoms with Crippen LogP contribution in [-0.2, 0) is 0 Å². The number of hydrogen-bond acceptors (Lipinski definition) is 3. The molecule has 2 saturated heterocycles. The van der Waals surface area contributed by atoms with E-state index in [4.69, 9.17) is 5.73 Å². The third kappa shape index (κ3) is 4.12. The average Bonchev–Trinajstić information content (AvgIpc) is 3.11. The summed E-state index contributed by atoms with van der Waals surface area (Å²) >= 11 is 0. The van der Waals surface area contributed by atoms with E-state index in [1.165, 1.54) is 18.6 Å². The van der Waals surface area contributed by atoms with Crippen LogP contribution < -0.4 is 5.73 Å². The first-order valence-corrected chi connectivity index (χ1v) is 10.2. The predicted octanol–water partition coefficient (Wildman–Crippen LogP) is 4.21. The molecule has 1 unspecified atom stereocenters. The summed E-state index contributed by atoms with van der Waals surface area (Å²) in [7, 11) is 0. The fourth-order valence-electron chi connectivity index (χ4n) is 4.75. The summed E-state index contributed by atoms with van der Waals surface area (Å²) in [6, 6.07) is 14.8. The van der Waals surface area contributed by atoms with Gasteiger partial charge in [-0.2, -0.15) is 0 Å². The number of alkyl halides is 1.